The molecule has 2 nitrogen and oxygen atoms in total. The lowest BCUT2D eigenvalue weighted by Gasteiger charge is -2.09. The molecule has 120 valence electrons. The minimum Gasteiger partial charge on any atom is -0.326 e. The number of alkyl halides is 3. The van der Waals surface area contributed by atoms with Crippen LogP contribution in [0, 0.1) is 0 Å². The summed E-state index contributed by atoms with van der Waals surface area (Å²) in [5.41, 5.74) is -0.320. The molecule has 2 rings (SSSR count). The number of unbranched alkanes of at least 4 members (excludes halogenated alkanes) is 1. The maximum absolute atomic E-state index is 12.4. The molecule has 1 aromatic rings. The van der Waals surface area contributed by atoms with Gasteiger partial charge >= 0.3 is 6.18 Å². The summed E-state index contributed by atoms with van der Waals surface area (Å²) in [4.78, 5) is 13.1. The van der Waals surface area contributed by atoms with Crippen LogP contribution in [0.5, 0.6) is 0 Å². The third kappa shape index (κ3) is 5.40. The van der Waals surface area contributed by atoms with Gasteiger partial charge in [0.15, 0.2) is 0 Å². The highest BCUT2D eigenvalue weighted by Crippen LogP contribution is 2.30. The average Bonchev–Trinajstić information content (AvgIpc) is 2.96. The monoisotopic (exact) mass is 329 g/mol. The Morgan fingerprint density at radius 2 is 1.91 bits per heavy atom. The fourth-order valence-electron chi connectivity index (χ4n) is 2.19. The second kappa shape index (κ2) is 7.72. The number of nitrogens with one attached hydrogen (secondary N) is 1. The van der Waals surface area contributed by atoms with Crippen molar-refractivity contribution in [1.29, 1.82) is 0 Å². The SMILES string of the molecule is O=C(CCCCC1=CCCS1)Nc1ccc(C(F)(F)F)cc1. The van der Waals surface area contributed by atoms with Gasteiger partial charge < -0.3 is 5.32 Å². The van der Waals surface area contributed by atoms with E-state index in [1.807, 2.05) is 11.8 Å². The first-order valence-corrected chi connectivity index (χ1v) is 8.22. The number of hydrogen-bond acceptors (Lipinski definition) is 2. The quantitative estimate of drug-likeness (QED) is 0.725. The molecule has 1 aliphatic heterocycles. The summed E-state index contributed by atoms with van der Waals surface area (Å²) in [7, 11) is 0. The zero-order chi connectivity index (χ0) is 16.0. The van der Waals surface area contributed by atoms with Crippen molar-refractivity contribution in [3.05, 3.63) is 40.8 Å². The van der Waals surface area contributed by atoms with Crippen LogP contribution in [0.25, 0.3) is 0 Å². The molecule has 1 aliphatic rings. The summed E-state index contributed by atoms with van der Waals surface area (Å²) in [5, 5.41) is 2.62. The van der Waals surface area contributed by atoms with E-state index in [1.54, 1.807) is 0 Å². The molecule has 1 heterocycles. The first-order valence-electron chi connectivity index (χ1n) is 7.24. The van der Waals surface area contributed by atoms with Crippen molar-refractivity contribution in [3.8, 4) is 0 Å². The van der Waals surface area contributed by atoms with Crippen molar-refractivity contribution in [1.82, 2.24) is 0 Å². The number of allylic oxidation sites excluding steroid dienone is 2. The third-order valence-electron chi connectivity index (χ3n) is 3.35. The maximum atomic E-state index is 12.4. The van der Waals surface area contributed by atoms with E-state index in [-0.39, 0.29) is 5.91 Å². The normalized spacial score (nSPS) is 14.8. The summed E-state index contributed by atoms with van der Waals surface area (Å²) < 4.78 is 37.3. The Balaban J connectivity index is 1.70. The molecular weight excluding hydrogens is 311 g/mol. The van der Waals surface area contributed by atoms with Gasteiger partial charge in [0.1, 0.15) is 0 Å². The summed E-state index contributed by atoms with van der Waals surface area (Å²) in [5.74, 6) is 0.997. The van der Waals surface area contributed by atoms with Gasteiger partial charge in [-0.2, -0.15) is 13.2 Å². The van der Waals surface area contributed by atoms with Crippen molar-refractivity contribution < 1.29 is 18.0 Å². The van der Waals surface area contributed by atoms with Crippen LogP contribution in [-0.4, -0.2) is 11.7 Å². The average molecular weight is 329 g/mol. The Hall–Kier alpha value is -1.43. The van der Waals surface area contributed by atoms with E-state index in [1.165, 1.54) is 17.0 Å². The van der Waals surface area contributed by atoms with Crippen molar-refractivity contribution >= 4 is 23.4 Å². The Morgan fingerprint density at radius 1 is 1.18 bits per heavy atom. The molecule has 0 saturated heterocycles. The fourth-order valence-corrected chi connectivity index (χ4v) is 3.22. The second-order valence-corrected chi connectivity index (χ2v) is 6.36. The Morgan fingerprint density at radius 3 is 2.50 bits per heavy atom. The maximum Gasteiger partial charge on any atom is 0.416 e. The van der Waals surface area contributed by atoms with E-state index in [0.717, 1.165) is 43.6 Å². The number of halogens is 3. The largest absolute Gasteiger partial charge is 0.416 e. The van der Waals surface area contributed by atoms with E-state index < -0.39 is 11.7 Å². The summed E-state index contributed by atoms with van der Waals surface area (Å²) in [6.07, 6.45) is 2.16. The molecule has 0 unspecified atom stereocenters. The topological polar surface area (TPSA) is 29.1 Å². The lowest BCUT2D eigenvalue weighted by atomic mass is 10.1. The molecular formula is C16H18F3NOS. The van der Waals surface area contributed by atoms with E-state index >= 15 is 0 Å². The highest BCUT2D eigenvalue weighted by Gasteiger charge is 2.29. The van der Waals surface area contributed by atoms with Crippen LogP contribution < -0.4 is 5.32 Å². The predicted molar refractivity (Wildman–Crippen MR) is 83.7 cm³/mol. The first-order chi connectivity index (χ1) is 10.4. The van der Waals surface area contributed by atoms with Crippen molar-refractivity contribution in [2.24, 2.45) is 0 Å². The van der Waals surface area contributed by atoms with E-state index in [9.17, 15) is 18.0 Å². The molecule has 0 spiro atoms. The molecule has 1 amide bonds. The van der Waals surface area contributed by atoms with Crippen LogP contribution in [0.15, 0.2) is 35.2 Å². The van der Waals surface area contributed by atoms with Gasteiger partial charge in [0.05, 0.1) is 5.56 Å². The van der Waals surface area contributed by atoms with Gasteiger partial charge in [-0.3, -0.25) is 4.79 Å². The summed E-state index contributed by atoms with van der Waals surface area (Å²) in [6, 6.07) is 4.50. The number of carbonyl (C=O) groups excluding carboxylic acids is 1. The molecule has 0 aliphatic carbocycles. The predicted octanol–water partition coefficient (Wildman–Crippen LogP) is 5.23. The highest BCUT2D eigenvalue weighted by molar-refractivity contribution is 8.03. The number of hydrogen-bond donors (Lipinski definition) is 1. The van der Waals surface area contributed by atoms with Gasteiger partial charge in [0, 0.05) is 17.9 Å². The zero-order valence-electron chi connectivity index (χ0n) is 12.1. The molecule has 1 aromatic carbocycles. The lowest BCUT2D eigenvalue weighted by molar-refractivity contribution is -0.137. The second-order valence-electron chi connectivity index (χ2n) is 5.14. The Labute approximate surface area is 132 Å². The third-order valence-corrected chi connectivity index (χ3v) is 4.53. The van der Waals surface area contributed by atoms with Crippen LogP contribution in [0.1, 0.15) is 37.7 Å². The van der Waals surface area contributed by atoms with Crippen molar-refractivity contribution in [2.45, 2.75) is 38.3 Å². The van der Waals surface area contributed by atoms with Crippen molar-refractivity contribution in [2.75, 3.05) is 11.1 Å². The van der Waals surface area contributed by atoms with E-state index in [2.05, 4.69) is 11.4 Å². The van der Waals surface area contributed by atoms with Gasteiger partial charge in [-0.1, -0.05) is 6.08 Å². The molecule has 0 fully saturated rings. The summed E-state index contributed by atoms with van der Waals surface area (Å²) >= 11 is 1.88. The molecule has 0 saturated carbocycles. The standard InChI is InChI=1S/C16H18F3NOS/c17-16(18,19)12-7-9-13(10-8-12)20-15(21)6-2-1-4-14-5-3-11-22-14/h5,7-10H,1-4,6,11H2,(H,20,21). The zero-order valence-corrected chi connectivity index (χ0v) is 12.9. The first kappa shape index (κ1) is 16.9. The summed E-state index contributed by atoms with van der Waals surface area (Å²) in [6.45, 7) is 0. The van der Waals surface area contributed by atoms with Gasteiger partial charge in [0.2, 0.25) is 5.91 Å². The van der Waals surface area contributed by atoms with Crippen LogP contribution >= 0.6 is 11.8 Å². The highest BCUT2D eigenvalue weighted by atomic mass is 32.2. The number of benzene rings is 1. The smallest absolute Gasteiger partial charge is 0.326 e. The lowest BCUT2D eigenvalue weighted by Crippen LogP contribution is -2.11. The molecule has 1 N–H and O–H groups in total. The van der Waals surface area contributed by atoms with Crippen LogP contribution in [0.2, 0.25) is 0 Å². The fraction of sp³-hybridized carbons (Fsp3) is 0.438. The molecule has 0 bridgehead atoms. The Bertz CT molecular complexity index is 537. The molecule has 22 heavy (non-hydrogen) atoms. The van der Waals surface area contributed by atoms with Crippen LogP contribution in [0.3, 0.4) is 0 Å². The molecule has 0 radical (unpaired) electrons. The van der Waals surface area contributed by atoms with Gasteiger partial charge in [-0.05, 0) is 54.9 Å². The van der Waals surface area contributed by atoms with Gasteiger partial charge in [0.25, 0.3) is 0 Å². The minimum absolute atomic E-state index is 0.159. The number of amides is 1. The van der Waals surface area contributed by atoms with Gasteiger partial charge in [-0.15, -0.1) is 11.8 Å². The van der Waals surface area contributed by atoms with Crippen LogP contribution in [-0.2, 0) is 11.0 Å². The van der Waals surface area contributed by atoms with Gasteiger partial charge in [-0.25, -0.2) is 0 Å². The number of thioether (sulfide) groups is 1. The number of rotatable bonds is 6. The Kier molecular flexibility index (Phi) is 5.94. The van der Waals surface area contributed by atoms with E-state index in [0.29, 0.717) is 12.1 Å². The number of anilines is 1. The minimum atomic E-state index is -4.35. The van der Waals surface area contributed by atoms with Crippen LogP contribution in [0.4, 0.5) is 18.9 Å². The molecule has 0 atom stereocenters. The molecule has 0 aromatic heterocycles. The van der Waals surface area contributed by atoms with Crippen molar-refractivity contribution in [3.63, 3.8) is 0 Å². The molecule has 6 heteroatoms. The van der Waals surface area contributed by atoms with E-state index in [4.69, 9.17) is 0 Å². The number of carbonyl (C=O) groups is 1.